The highest BCUT2D eigenvalue weighted by molar-refractivity contribution is 5.87. The van der Waals surface area contributed by atoms with Gasteiger partial charge in [0, 0.05) is 43.4 Å². The molecule has 8 bridgehead atoms. The molecule has 17 fully saturated rings. The molecule has 0 aromatic carbocycles. The van der Waals surface area contributed by atoms with Gasteiger partial charge in [-0.2, -0.15) is 0 Å². The standard InChI is InChI=1S/C21H30O6.C15H22O7.C14H20O4.C12H20O4.2C10H16O4.C9H12O2.C7H14O2.14CH4/c1-4-19(2,3)17(23)27-21-10-13-7-14(11-21)9-20(8-13,12-21)18(24)26-15-5-6-25-16(15)22;1-6-14(2,3)13(17)20-9-7-8(18-11(9)16)10-12(19-7)22-15(4,5)21-10;1-4-14(2,3)13(16)18-10-7-5-8-9(6-7)12(15)17-11(8)10;1-5-11(2,3)10(14)16-12(4)6-7-15-9(13)8-12;1-4-10(2,3)9(12)14-7-5-8(11)13-6-7;1-4-10(2,3)9(12)14-7-5-6-13-8(7)11;10-9-8-6-2-1-5(3-6)7(8)4-11-9;1-5-7(2,3)6(8)9-4;;;;;;;;;;;;;;/h13-15H,4-12H2,1-3H3;7-10,12H,6H2,1-5H3;7-11H,4-6H2,1-3H3;5-8H2,1-4H3;2*7H,4-6H2,1-3H3;5-8H,1-4H2;5H2,1-4H3;14*1H4. The van der Waals surface area contributed by atoms with E-state index in [1.165, 1.54) is 26.4 Å². The lowest BCUT2D eigenvalue weighted by molar-refractivity contribution is -0.219. The van der Waals surface area contributed by atoms with Gasteiger partial charge in [0.2, 0.25) is 18.3 Å². The molecule has 145 heavy (non-hydrogen) atoms. The van der Waals surface area contributed by atoms with Gasteiger partial charge in [-0.05, 0) is 251 Å². The Kier molecular flexibility index (Phi) is 59.4. The number of methoxy groups -OCH3 is 1. The van der Waals surface area contributed by atoms with Crippen LogP contribution in [0.15, 0.2) is 0 Å². The summed E-state index contributed by atoms with van der Waals surface area (Å²) in [6, 6.07) is 0. The Labute approximate surface area is 875 Å². The lowest BCUT2D eigenvalue weighted by Crippen LogP contribution is -2.60. The molecule has 9 heterocycles. The number of cyclic esters (lactones) is 5. The first kappa shape index (κ1) is 148. The Hall–Kier alpha value is -8.07. The third kappa shape index (κ3) is 35.0. The molecule has 852 valence electrons. The summed E-state index contributed by atoms with van der Waals surface area (Å²) in [5, 5.41) is 0. The van der Waals surface area contributed by atoms with E-state index in [0.29, 0.717) is 119 Å². The number of hydrogen-bond acceptors (Lipinski definition) is 33. The Bertz CT molecular complexity index is 4150. The van der Waals surface area contributed by atoms with Gasteiger partial charge in [0.25, 0.3) is 0 Å². The average molecular weight is 2080 g/mol. The Morgan fingerprint density at radius 1 is 0.379 bits per heavy atom. The number of ether oxygens (including phenoxy) is 18. The van der Waals surface area contributed by atoms with E-state index in [0.717, 1.165) is 70.3 Å². The SMILES string of the molecule is C.C.C.C.C.C.C.C.C.C.C.C.C.C.CCC(C)(C)C(=O)OC.CCC(C)(C)C(=O)OC1(C)CCOC(=O)C1.CCC(C)(C)C(=O)OC12CC3CC(C1)CC(C(=O)OC1CCOC1=O)(C3)C2.CCC(C)(C)C(=O)OC1C(=O)OC2C3OC(C)(C)OC3OC12.CCC(C)(C)C(=O)OC1C2CC3C(=O)OC1C3C2.CCC(C)(C)C(=O)OC1CCOC1=O.CCC(C)(C)C(=O)OC1COC(=O)C1.O=C1OCC2C3CCC(C3)C12. The molecule has 0 amide bonds. The fourth-order valence-corrected chi connectivity index (χ4v) is 19.3. The molecule has 20 atom stereocenters. The normalized spacial score (nSPS) is 30.3. The summed E-state index contributed by atoms with van der Waals surface area (Å²) >= 11 is 0. The van der Waals surface area contributed by atoms with Crippen LogP contribution in [0.3, 0.4) is 0 Å². The third-order valence-electron chi connectivity index (χ3n) is 30.6. The van der Waals surface area contributed by atoms with Crippen LogP contribution in [0, 0.1) is 96.6 Å². The highest BCUT2D eigenvalue weighted by Crippen LogP contribution is 2.64. The van der Waals surface area contributed by atoms with E-state index in [2.05, 4.69) is 4.74 Å². The first-order chi connectivity index (χ1) is 60.9. The molecule has 33 nitrogen and oxygen atoms in total. The average Bonchev–Trinajstić information content (AvgIpc) is 1.61. The summed E-state index contributed by atoms with van der Waals surface area (Å²) in [6.45, 7) is 46.7. The van der Waals surface area contributed by atoms with E-state index >= 15 is 0 Å². The maximum absolute atomic E-state index is 13.1. The van der Waals surface area contributed by atoms with Crippen molar-refractivity contribution in [1.29, 1.82) is 0 Å². The molecular weight excluding hydrogens is 1870 g/mol. The summed E-state index contributed by atoms with van der Waals surface area (Å²) in [6.07, 6.45) is 11.8. The number of esters is 15. The van der Waals surface area contributed by atoms with E-state index in [1.807, 2.05) is 118 Å². The molecular formula is C112H206O33. The van der Waals surface area contributed by atoms with Crippen LogP contribution < -0.4 is 0 Å². The minimum absolute atomic E-state index is 0. The summed E-state index contributed by atoms with van der Waals surface area (Å²) < 4.78 is 94.9. The van der Waals surface area contributed by atoms with E-state index in [9.17, 15) is 71.9 Å². The van der Waals surface area contributed by atoms with Gasteiger partial charge in [-0.3, -0.25) is 57.5 Å². The van der Waals surface area contributed by atoms with Crippen LogP contribution in [-0.4, -0.2) is 208 Å². The maximum Gasteiger partial charge on any atom is 0.350 e. The molecule has 20 unspecified atom stereocenters. The molecule has 33 heteroatoms. The van der Waals surface area contributed by atoms with Crippen LogP contribution in [0.25, 0.3) is 0 Å². The minimum Gasteiger partial charge on any atom is -0.469 e. The van der Waals surface area contributed by atoms with Gasteiger partial charge in [0.15, 0.2) is 24.3 Å². The zero-order chi connectivity index (χ0) is 97.7. The van der Waals surface area contributed by atoms with Crippen LogP contribution in [0.2, 0.25) is 0 Å². The zero-order valence-electron chi connectivity index (χ0n) is 82.2. The lowest BCUT2D eigenvalue weighted by Gasteiger charge is -2.60. The molecule has 8 aliphatic carbocycles. The van der Waals surface area contributed by atoms with Crippen LogP contribution in [-0.2, 0) is 157 Å². The highest BCUT2D eigenvalue weighted by Gasteiger charge is 2.68. The van der Waals surface area contributed by atoms with Gasteiger partial charge in [0.1, 0.15) is 42.2 Å². The lowest BCUT2D eigenvalue weighted by atomic mass is 9.48. The Morgan fingerprint density at radius 2 is 0.828 bits per heavy atom. The van der Waals surface area contributed by atoms with Crippen molar-refractivity contribution >= 4 is 89.5 Å². The van der Waals surface area contributed by atoms with E-state index in [1.54, 1.807) is 48.5 Å². The number of carbonyl (C=O) groups is 15. The van der Waals surface area contributed by atoms with Gasteiger partial charge in [0.05, 0.1) is 102 Å². The van der Waals surface area contributed by atoms with Crippen molar-refractivity contribution in [2.24, 2.45) is 96.6 Å². The van der Waals surface area contributed by atoms with Gasteiger partial charge < -0.3 is 85.3 Å². The topological polar surface area (TPSA) is 422 Å². The summed E-state index contributed by atoms with van der Waals surface area (Å²) in [5.41, 5.74) is -5.32. The van der Waals surface area contributed by atoms with E-state index in [-0.39, 0.29) is 219 Å². The van der Waals surface area contributed by atoms with Crippen molar-refractivity contribution < 1.29 is 157 Å². The van der Waals surface area contributed by atoms with Crippen molar-refractivity contribution in [3.05, 3.63) is 0 Å². The molecule has 0 radical (unpaired) electrons. The zero-order valence-corrected chi connectivity index (χ0v) is 82.2. The second-order valence-electron chi connectivity index (χ2n) is 43.8. The van der Waals surface area contributed by atoms with E-state index < -0.39 is 122 Å². The van der Waals surface area contributed by atoms with Crippen LogP contribution >= 0.6 is 0 Å². The quantitative estimate of drug-likeness (QED) is 0.0717. The van der Waals surface area contributed by atoms with Crippen molar-refractivity contribution in [2.75, 3.05) is 40.1 Å². The van der Waals surface area contributed by atoms with Gasteiger partial charge in [-0.25, -0.2) is 14.4 Å². The summed E-state index contributed by atoms with van der Waals surface area (Å²) in [7, 11) is 1.42. The Morgan fingerprint density at radius 3 is 1.28 bits per heavy atom. The van der Waals surface area contributed by atoms with Gasteiger partial charge >= 0.3 is 89.5 Å². The first-order valence-corrected chi connectivity index (χ1v) is 47.7. The number of fused-ring (bicyclic) bond motifs is 9. The predicted octanol–water partition coefficient (Wildman–Crippen LogP) is 22.5. The number of hydrogen-bond donors (Lipinski definition) is 0. The molecule has 9 saturated heterocycles. The molecule has 0 aromatic heterocycles. The van der Waals surface area contributed by atoms with Crippen molar-refractivity contribution in [3.63, 3.8) is 0 Å². The van der Waals surface area contributed by atoms with Crippen LogP contribution in [0.1, 0.15) is 418 Å². The Balaban J connectivity index is -0.000000382. The minimum atomic E-state index is -1.07. The molecule has 9 aliphatic heterocycles. The summed E-state index contributed by atoms with van der Waals surface area (Å²) in [5.74, 6) is -0.956. The molecule has 8 saturated carbocycles. The second kappa shape index (κ2) is 58.4. The maximum atomic E-state index is 13.1. The van der Waals surface area contributed by atoms with Crippen molar-refractivity contribution in [1.82, 2.24) is 0 Å². The molecule has 0 N–H and O–H groups in total. The second-order valence-corrected chi connectivity index (χ2v) is 43.8. The van der Waals surface area contributed by atoms with Crippen molar-refractivity contribution in [3.8, 4) is 0 Å². The highest BCUT2D eigenvalue weighted by atomic mass is 16.9. The number of rotatable bonds is 22. The monoisotopic (exact) mass is 2080 g/mol. The van der Waals surface area contributed by atoms with Gasteiger partial charge in [-0.15, -0.1) is 0 Å². The van der Waals surface area contributed by atoms with Crippen LogP contribution in [0.4, 0.5) is 0 Å². The number of carbonyl (C=O) groups excluding carboxylic acids is 15. The summed E-state index contributed by atoms with van der Waals surface area (Å²) in [4.78, 5) is 176. The predicted molar refractivity (Wildman–Crippen MR) is 558 cm³/mol. The molecule has 0 aromatic rings. The molecule has 0 spiro atoms. The van der Waals surface area contributed by atoms with Crippen LogP contribution in [0.5, 0.6) is 0 Å². The molecule has 17 aliphatic rings. The van der Waals surface area contributed by atoms with E-state index in [4.69, 9.17) is 80.5 Å². The fourth-order valence-electron chi connectivity index (χ4n) is 19.3. The fraction of sp³-hybridized carbons (Fsp3) is 0.866. The third-order valence-corrected chi connectivity index (χ3v) is 30.6. The first-order valence-electron chi connectivity index (χ1n) is 47.7. The van der Waals surface area contributed by atoms with Gasteiger partial charge in [-0.1, -0.05) is 152 Å². The smallest absolute Gasteiger partial charge is 0.350 e. The largest absolute Gasteiger partial charge is 0.469 e. The van der Waals surface area contributed by atoms with Crippen molar-refractivity contribution in [2.45, 2.75) is 496 Å². The molecule has 17 rings (SSSR count).